The summed E-state index contributed by atoms with van der Waals surface area (Å²) in [5.41, 5.74) is 3.00. The number of hydrogen-bond acceptors (Lipinski definition) is 6. The maximum absolute atomic E-state index is 14.0. The normalized spacial score (nSPS) is 15.6. The third kappa shape index (κ3) is 5.32. The van der Waals surface area contributed by atoms with Gasteiger partial charge in [-0.15, -0.1) is 0 Å². The van der Waals surface area contributed by atoms with Gasteiger partial charge >= 0.3 is 0 Å². The monoisotopic (exact) mass is 564 g/mol. The van der Waals surface area contributed by atoms with Crippen molar-refractivity contribution in [3.63, 3.8) is 0 Å². The highest BCUT2D eigenvalue weighted by atomic mass is 16.5. The van der Waals surface area contributed by atoms with Gasteiger partial charge in [0.2, 0.25) is 0 Å². The lowest BCUT2D eigenvalue weighted by Crippen LogP contribution is -2.50. The zero-order chi connectivity index (χ0) is 29.1. The average molecular weight is 565 g/mol. The largest absolute Gasteiger partial charge is 0.495 e. The standard InChI is InChI=1S/C34H36N4O4/c1-41-31-13-7-5-11-29(31)35-15-19-37(20-16-35)33(39)27-23-25-9-3-4-10-26(25)24-28(27)34(40)38-21-17-36(18-22-38)30-12-6-8-14-32(30)42-2/h3-14,23-24H,15-22H2,1-2H3. The van der Waals surface area contributed by atoms with Crippen molar-refractivity contribution in [1.29, 1.82) is 0 Å². The molecule has 0 bridgehead atoms. The van der Waals surface area contributed by atoms with Gasteiger partial charge in [-0.2, -0.15) is 0 Å². The Morgan fingerprint density at radius 2 is 0.881 bits per heavy atom. The van der Waals surface area contributed by atoms with Gasteiger partial charge in [-0.05, 0) is 47.2 Å². The molecule has 2 heterocycles. The van der Waals surface area contributed by atoms with Gasteiger partial charge in [0.05, 0.1) is 36.7 Å². The van der Waals surface area contributed by atoms with Crippen LogP contribution >= 0.6 is 0 Å². The SMILES string of the molecule is COc1ccccc1N1CCN(C(=O)c2cc3ccccc3cc2C(=O)N2CCN(c3ccccc3OC)CC2)CC1. The quantitative estimate of drug-likeness (QED) is 0.336. The molecule has 0 radical (unpaired) electrons. The molecule has 0 saturated carbocycles. The van der Waals surface area contributed by atoms with E-state index in [1.165, 1.54) is 0 Å². The second kappa shape index (κ2) is 12.0. The molecule has 8 heteroatoms. The van der Waals surface area contributed by atoms with Crippen molar-refractivity contribution in [2.45, 2.75) is 0 Å². The van der Waals surface area contributed by atoms with E-state index in [9.17, 15) is 9.59 Å². The van der Waals surface area contributed by atoms with Crippen LogP contribution in [0.15, 0.2) is 84.9 Å². The maximum Gasteiger partial charge on any atom is 0.254 e. The molecular formula is C34H36N4O4. The fourth-order valence-electron chi connectivity index (χ4n) is 6.02. The third-order valence-electron chi connectivity index (χ3n) is 8.33. The first-order chi connectivity index (χ1) is 20.6. The minimum absolute atomic E-state index is 0.101. The van der Waals surface area contributed by atoms with E-state index in [1.54, 1.807) is 14.2 Å². The topological polar surface area (TPSA) is 65.6 Å². The highest BCUT2D eigenvalue weighted by Gasteiger charge is 2.30. The van der Waals surface area contributed by atoms with Gasteiger partial charge in [0.25, 0.3) is 11.8 Å². The van der Waals surface area contributed by atoms with Gasteiger partial charge in [0.1, 0.15) is 11.5 Å². The van der Waals surface area contributed by atoms with E-state index < -0.39 is 0 Å². The molecule has 0 aromatic heterocycles. The van der Waals surface area contributed by atoms with Gasteiger partial charge in [-0.3, -0.25) is 9.59 Å². The number of amides is 2. The Balaban J connectivity index is 1.21. The summed E-state index contributed by atoms with van der Waals surface area (Å²) in [4.78, 5) is 36.3. The minimum atomic E-state index is -0.101. The summed E-state index contributed by atoms with van der Waals surface area (Å²) in [5.74, 6) is 1.45. The van der Waals surface area contributed by atoms with Gasteiger partial charge in [-0.1, -0.05) is 48.5 Å². The number of ether oxygens (including phenoxy) is 2. The first-order valence-electron chi connectivity index (χ1n) is 14.4. The lowest BCUT2D eigenvalue weighted by Gasteiger charge is -2.38. The van der Waals surface area contributed by atoms with Crippen LogP contribution in [0.25, 0.3) is 10.8 Å². The van der Waals surface area contributed by atoms with Crippen LogP contribution in [-0.4, -0.2) is 88.2 Å². The van der Waals surface area contributed by atoms with Gasteiger partial charge in [0, 0.05) is 52.4 Å². The zero-order valence-electron chi connectivity index (χ0n) is 24.2. The molecule has 0 spiro atoms. The highest BCUT2D eigenvalue weighted by Crippen LogP contribution is 2.31. The van der Waals surface area contributed by atoms with E-state index in [1.807, 2.05) is 94.7 Å². The van der Waals surface area contributed by atoms with E-state index in [-0.39, 0.29) is 11.8 Å². The number of hydrogen-bond donors (Lipinski definition) is 0. The van der Waals surface area contributed by atoms with Crippen LogP contribution in [0.2, 0.25) is 0 Å². The summed E-state index contributed by atoms with van der Waals surface area (Å²) in [5, 5.41) is 1.90. The van der Waals surface area contributed by atoms with Crippen LogP contribution in [-0.2, 0) is 0 Å². The van der Waals surface area contributed by atoms with Crippen LogP contribution in [0.4, 0.5) is 11.4 Å². The summed E-state index contributed by atoms with van der Waals surface area (Å²) in [6.07, 6.45) is 0. The third-order valence-corrected chi connectivity index (χ3v) is 8.33. The number of carbonyl (C=O) groups is 2. The molecule has 4 aromatic rings. The molecule has 4 aromatic carbocycles. The first kappa shape index (κ1) is 27.4. The Morgan fingerprint density at radius 1 is 0.524 bits per heavy atom. The molecule has 2 fully saturated rings. The molecule has 8 nitrogen and oxygen atoms in total. The number of rotatable bonds is 6. The number of nitrogens with zero attached hydrogens (tertiary/aromatic N) is 4. The number of methoxy groups -OCH3 is 2. The van der Waals surface area contributed by atoms with Crippen molar-refractivity contribution >= 4 is 34.0 Å². The average Bonchev–Trinajstić information content (AvgIpc) is 3.07. The molecular weight excluding hydrogens is 528 g/mol. The van der Waals surface area contributed by atoms with Crippen molar-refractivity contribution in [3.8, 4) is 11.5 Å². The van der Waals surface area contributed by atoms with Crippen molar-refractivity contribution in [3.05, 3.63) is 96.1 Å². The van der Waals surface area contributed by atoms with Crippen LogP contribution < -0.4 is 19.3 Å². The zero-order valence-corrected chi connectivity index (χ0v) is 24.2. The Labute approximate surface area is 246 Å². The predicted octanol–water partition coefficient (Wildman–Crippen LogP) is 4.78. The summed E-state index contributed by atoms with van der Waals surface area (Å²) >= 11 is 0. The highest BCUT2D eigenvalue weighted by molar-refractivity contribution is 6.10. The molecule has 2 saturated heterocycles. The molecule has 0 atom stereocenters. The number of fused-ring (bicyclic) bond motifs is 1. The van der Waals surface area contributed by atoms with Crippen molar-refractivity contribution in [2.24, 2.45) is 0 Å². The van der Waals surface area contributed by atoms with E-state index >= 15 is 0 Å². The number of benzene rings is 4. The lowest BCUT2D eigenvalue weighted by molar-refractivity contribution is 0.0707. The maximum atomic E-state index is 14.0. The van der Waals surface area contributed by atoms with Gasteiger partial charge in [-0.25, -0.2) is 0 Å². The van der Waals surface area contributed by atoms with E-state index in [0.717, 1.165) is 33.6 Å². The molecule has 0 N–H and O–H groups in total. The molecule has 216 valence electrons. The molecule has 2 aliphatic rings. The minimum Gasteiger partial charge on any atom is -0.495 e. The fourth-order valence-corrected chi connectivity index (χ4v) is 6.02. The number of carbonyl (C=O) groups excluding carboxylic acids is 2. The van der Waals surface area contributed by atoms with E-state index in [4.69, 9.17) is 9.47 Å². The molecule has 0 aliphatic carbocycles. The van der Waals surface area contributed by atoms with Crippen LogP contribution in [0.1, 0.15) is 20.7 Å². The van der Waals surface area contributed by atoms with Crippen LogP contribution in [0, 0.1) is 0 Å². The first-order valence-corrected chi connectivity index (χ1v) is 14.4. The van der Waals surface area contributed by atoms with Crippen molar-refractivity contribution < 1.29 is 19.1 Å². The Bertz CT molecular complexity index is 1470. The Kier molecular flexibility index (Phi) is 7.86. The number of para-hydroxylation sites is 4. The molecule has 2 aliphatic heterocycles. The fraction of sp³-hybridized carbons (Fsp3) is 0.294. The summed E-state index contributed by atoms with van der Waals surface area (Å²) in [7, 11) is 3.35. The number of anilines is 2. The number of piperazine rings is 2. The second-order valence-corrected chi connectivity index (χ2v) is 10.6. The van der Waals surface area contributed by atoms with Gasteiger partial charge in [0.15, 0.2) is 0 Å². The Morgan fingerprint density at radius 3 is 1.26 bits per heavy atom. The van der Waals surface area contributed by atoms with E-state index in [0.29, 0.717) is 63.5 Å². The van der Waals surface area contributed by atoms with Crippen LogP contribution in [0.3, 0.4) is 0 Å². The lowest BCUT2D eigenvalue weighted by atomic mass is 9.98. The Hall–Kier alpha value is -4.72. The molecule has 0 unspecified atom stereocenters. The molecule has 2 amide bonds. The van der Waals surface area contributed by atoms with Crippen LogP contribution in [0.5, 0.6) is 11.5 Å². The second-order valence-electron chi connectivity index (χ2n) is 10.6. The molecule has 42 heavy (non-hydrogen) atoms. The van der Waals surface area contributed by atoms with E-state index in [2.05, 4.69) is 9.80 Å². The smallest absolute Gasteiger partial charge is 0.254 e. The summed E-state index contributed by atoms with van der Waals surface area (Å²) in [6.45, 7) is 5.01. The predicted molar refractivity (Wildman–Crippen MR) is 166 cm³/mol. The van der Waals surface area contributed by atoms with Crippen molar-refractivity contribution in [2.75, 3.05) is 76.4 Å². The molecule has 6 rings (SSSR count). The van der Waals surface area contributed by atoms with Gasteiger partial charge < -0.3 is 29.1 Å². The van der Waals surface area contributed by atoms with Crippen molar-refractivity contribution in [1.82, 2.24) is 9.80 Å². The summed E-state index contributed by atoms with van der Waals surface area (Å²) in [6, 6.07) is 27.6. The summed E-state index contributed by atoms with van der Waals surface area (Å²) < 4.78 is 11.1.